The summed E-state index contributed by atoms with van der Waals surface area (Å²) in [5.74, 6) is 0. The van der Waals surface area contributed by atoms with Gasteiger partial charge in [-0.2, -0.15) is 0 Å². The third kappa shape index (κ3) is 6.72. The molecule has 0 aromatic rings. The van der Waals surface area contributed by atoms with Gasteiger partial charge in [0.25, 0.3) is 0 Å². The first kappa shape index (κ1) is 19.2. The van der Waals surface area contributed by atoms with Gasteiger partial charge in [0, 0.05) is 12.1 Å². The molecule has 3 heteroatoms. The summed E-state index contributed by atoms with van der Waals surface area (Å²) in [5, 5.41) is 3.70. The molecule has 3 nitrogen and oxygen atoms in total. The van der Waals surface area contributed by atoms with E-state index in [9.17, 15) is 0 Å². The van der Waals surface area contributed by atoms with Crippen LogP contribution in [0.3, 0.4) is 0 Å². The van der Waals surface area contributed by atoms with E-state index in [4.69, 9.17) is 4.74 Å². The van der Waals surface area contributed by atoms with Crippen LogP contribution in [0.4, 0.5) is 0 Å². The second-order valence-electron chi connectivity index (χ2n) is 10.0. The fraction of sp³-hybridized carbons (Fsp3) is 1.00. The van der Waals surface area contributed by atoms with Gasteiger partial charge in [-0.1, -0.05) is 34.6 Å². The molecule has 2 saturated heterocycles. The fourth-order valence-electron chi connectivity index (χ4n) is 4.22. The van der Waals surface area contributed by atoms with E-state index in [-0.39, 0.29) is 0 Å². The second-order valence-corrected chi connectivity index (χ2v) is 10.0. The number of rotatable bonds is 7. The molecule has 0 saturated carbocycles. The van der Waals surface area contributed by atoms with Crippen molar-refractivity contribution in [1.82, 2.24) is 10.2 Å². The van der Waals surface area contributed by atoms with Crippen molar-refractivity contribution >= 4 is 0 Å². The lowest BCUT2D eigenvalue weighted by molar-refractivity contribution is 0.0598. The molecule has 23 heavy (non-hydrogen) atoms. The molecule has 0 aromatic carbocycles. The van der Waals surface area contributed by atoms with Gasteiger partial charge in [0.2, 0.25) is 0 Å². The molecule has 1 N–H and O–H groups in total. The van der Waals surface area contributed by atoms with Gasteiger partial charge >= 0.3 is 0 Å². The minimum Gasteiger partial charge on any atom is -0.377 e. The van der Waals surface area contributed by atoms with E-state index >= 15 is 0 Å². The summed E-state index contributed by atoms with van der Waals surface area (Å²) < 4.78 is 6.10. The molecule has 0 aromatic heterocycles. The quantitative estimate of drug-likeness (QED) is 0.764. The van der Waals surface area contributed by atoms with Crippen molar-refractivity contribution in [2.24, 2.45) is 10.8 Å². The van der Waals surface area contributed by atoms with Crippen LogP contribution in [0.1, 0.15) is 73.1 Å². The van der Waals surface area contributed by atoms with Crippen molar-refractivity contribution in [3.8, 4) is 0 Å². The van der Waals surface area contributed by atoms with E-state index in [0.29, 0.717) is 23.0 Å². The highest BCUT2D eigenvalue weighted by molar-refractivity contribution is 4.88. The lowest BCUT2D eigenvalue weighted by Crippen LogP contribution is -2.33. The Morgan fingerprint density at radius 1 is 1.13 bits per heavy atom. The average Bonchev–Trinajstić information content (AvgIpc) is 2.97. The zero-order chi connectivity index (χ0) is 17.1. The summed E-state index contributed by atoms with van der Waals surface area (Å²) >= 11 is 0. The molecule has 2 aliphatic rings. The Bertz CT molecular complexity index is 361. The van der Waals surface area contributed by atoms with Crippen molar-refractivity contribution in [2.45, 2.75) is 91.3 Å². The summed E-state index contributed by atoms with van der Waals surface area (Å²) in [6, 6.07) is 1.35. The van der Waals surface area contributed by atoms with Crippen LogP contribution >= 0.6 is 0 Å². The van der Waals surface area contributed by atoms with Crippen molar-refractivity contribution < 1.29 is 4.74 Å². The molecule has 0 amide bonds. The molecule has 2 fully saturated rings. The molecule has 2 rings (SSSR count). The summed E-state index contributed by atoms with van der Waals surface area (Å²) in [6.45, 7) is 15.1. The molecule has 1 unspecified atom stereocenters. The lowest BCUT2D eigenvalue weighted by atomic mass is 9.79. The predicted molar refractivity (Wildman–Crippen MR) is 98.9 cm³/mol. The number of hydrogen-bond donors (Lipinski definition) is 1. The van der Waals surface area contributed by atoms with Crippen LogP contribution in [0, 0.1) is 10.8 Å². The third-order valence-electron chi connectivity index (χ3n) is 5.63. The van der Waals surface area contributed by atoms with Gasteiger partial charge < -0.3 is 15.0 Å². The average molecular weight is 325 g/mol. The molecule has 3 atom stereocenters. The molecule has 2 aliphatic heterocycles. The standard InChI is InChI=1S/C20H40N2O/c1-19(2,3)9-10-21-16-12-18(23-15-16)14-20(4,5)13-17-8-7-11-22(17)6/h16-18,21H,7-15H2,1-6H3/t16-,17-,18?/m1/s1. The van der Waals surface area contributed by atoms with Gasteiger partial charge in [0.15, 0.2) is 0 Å². The molecule has 0 aliphatic carbocycles. The largest absolute Gasteiger partial charge is 0.377 e. The summed E-state index contributed by atoms with van der Waals surface area (Å²) in [6.07, 6.45) is 8.13. The van der Waals surface area contributed by atoms with Crippen LogP contribution < -0.4 is 5.32 Å². The maximum absolute atomic E-state index is 6.10. The Labute approximate surface area is 144 Å². The number of hydrogen-bond acceptors (Lipinski definition) is 3. The van der Waals surface area contributed by atoms with Gasteiger partial charge in [-0.25, -0.2) is 0 Å². The molecule has 0 spiro atoms. The Morgan fingerprint density at radius 2 is 1.87 bits per heavy atom. The highest BCUT2D eigenvalue weighted by atomic mass is 16.5. The van der Waals surface area contributed by atoms with Crippen LogP contribution in [0.2, 0.25) is 0 Å². The molecular weight excluding hydrogens is 284 g/mol. The molecular formula is C20H40N2O. The minimum atomic E-state index is 0.383. The zero-order valence-electron chi connectivity index (χ0n) is 16.5. The van der Waals surface area contributed by atoms with Crippen molar-refractivity contribution in [2.75, 3.05) is 26.7 Å². The van der Waals surface area contributed by atoms with E-state index < -0.39 is 0 Å². The third-order valence-corrected chi connectivity index (χ3v) is 5.63. The normalized spacial score (nSPS) is 30.3. The Kier molecular flexibility index (Phi) is 6.55. The first-order valence-corrected chi connectivity index (χ1v) is 9.70. The van der Waals surface area contributed by atoms with E-state index in [0.717, 1.165) is 19.2 Å². The molecule has 0 bridgehead atoms. The van der Waals surface area contributed by atoms with Gasteiger partial charge in [-0.3, -0.25) is 0 Å². The number of ether oxygens (including phenoxy) is 1. The molecule has 0 radical (unpaired) electrons. The van der Waals surface area contributed by atoms with Crippen molar-refractivity contribution in [1.29, 1.82) is 0 Å². The van der Waals surface area contributed by atoms with E-state index in [2.05, 4.69) is 51.9 Å². The summed E-state index contributed by atoms with van der Waals surface area (Å²) in [7, 11) is 2.29. The fourth-order valence-corrected chi connectivity index (χ4v) is 4.22. The number of nitrogens with one attached hydrogen (secondary N) is 1. The van der Waals surface area contributed by atoms with Gasteiger partial charge in [-0.15, -0.1) is 0 Å². The van der Waals surface area contributed by atoms with Crippen molar-refractivity contribution in [3.63, 3.8) is 0 Å². The highest BCUT2D eigenvalue weighted by Gasteiger charge is 2.34. The van der Waals surface area contributed by atoms with Gasteiger partial charge in [-0.05, 0) is 69.5 Å². The Morgan fingerprint density at radius 3 is 2.48 bits per heavy atom. The topological polar surface area (TPSA) is 24.5 Å². The molecule has 136 valence electrons. The summed E-state index contributed by atoms with van der Waals surface area (Å²) in [5.41, 5.74) is 0.801. The minimum absolute atomic E-state index is 0.383. The van der Waals surface area contributed by atoms with E-state index in [1.807, 2.05) is 0 Å². The monoisotopic (exact) mass is 324 g/mol. The van der Waals surface area contributed by atoms with Gasteiger partial charge in [0.05, 0.1) is 12.7 Å². The number of likely N-dealkylation sites (tertiary alicyclic amines) is 1. The maximum Gasteiger partial charge on any atom is 0.0624 e. The van der Waals surface area contributed by atoms with E-state index in [1.165, 1.54) is 45.1 Å². The van der Waals surface area contributed by atoms with Crippen LogP contribution in [-0.4, -0.2) is 49.8 Å². The van der Waals surface area contributed by atoms with Crippen LogP contribution in [0.25, 0.3) is 0 Å². The van der Waals surface area contributed by atoms with Crippen molar-refractivity contribution in [3.05, 3.63) is 0 Å². The number of nitrogens with zero attached hydrogens (tertiary/aromatic N) is 1. The van der Waals surface area contributed by atoms with Gasteiger partial charge in [0.1, 0.15) is 0 Å². The maximum atomic E-state index is 6.10. The Hall–Kier alpha value is -0.120. The summed E-state index contributed by atoms with van der Waals surface area (Å²) in [4.78, 5) is 2.55. The SMILES string of the molecule is CN1CCC[C@@H]1CC(C)(C)CC1C[C@@H](NCCC(C)(C)C)CO1. The Balaban J connectivity index is 1.69. The van der Waals surface area contributed by atoms with Crippen LogP contribution in [-0.2, 0) is 4.74 Å². The lowest BCUT2D eigenvalue weighted by Gasteiger charge is -2.33. The smallest absolute Gasteiger partial charge is 0.0624 e. The molecule has 2 heterocycles. The first-order chi connectivity index (χ1) is 10.6. The van der Waals surface area contributed by atoms with E-state index in [1.54, 1.807) is 0 Å². The second kappa shape index (κ2) is 7.84. The predicted octanol–water partition coefficient (Wildman–Crippen LogP) is 4.07. The van der Waals surface area contributed by atoms with Crippen LogP contribution in [0.15, 0.2) is 0 Å². The zero-order valence-corrected chi connectivity index (χ0v) is 16.5. The van der Waals surface area contributed by atoms with Crippen LogP contribution in [0.5, 0.6) is 0 Å². The first-order valence-electron chi connectivity index (χ1n) is 9.70. The highest BCUT2D eigenvalue weighted by Crippen LogP contribution is 2.36.